The van der Waals surface area contributed by atoms with Crippen LogP contribution in [0.5, 0.6) is 0 Å². The zero-order valence-corrected chi connectivity index (χ0v) is 13.8. The van der Waals surface area contributed by atoms with Crippen molar-refractivity contribution in [2.45, 2.75) is 4.90 Å². The molecule has 7 heteroatoms. The number of anilines is 1. The molecule has 2 aromatic rings. The minimum absolute atomic E-state index is 0.381. The van der Waals surface area contributed by atoms with Crippen molar-refractivity contribution >= 4 is 35.4 Å². The summed E-state index contributed by atoms with van der Waals surface area (Å²) < 4.78 is 4.94. The van der Waals surface area contributed by atoms with Crippen molar-refractivity contribution in [3.05, 3.63) is 60.2 Å². The van der Waals surface area contributed by atoms with Crippen LogP contribution in [0.3, 0.4) is 0 Å². The molecule has 0 bridgehead atoms. The summed E-state index contributed by atoms with van der Waals surface area (Å²) in [5, 5.41) is 4.59. The molecule has 24 heavy (non-hydrogen) atoms. The number of rotatable bonds is 5. The maximum Gasteiger partial charge on any atom is 0.339 e. The van der Waals surface area contributed by atoms with Crippen LogP contribution in [0.1, 0.15) is 10.4 Å². The fraction of sp³-hybridized carbons (Fsp3) is 0.118. The van der Waals surface area contributed by atoms with Crippen molar-refractivity contribution in [1.82, 2.24) is 5.32 Å². The third kappa shape index (κ3) is 5.13. The van der Waals surface area contributed by atoms with Gasteiger partial charge in [0.25, 0.3) is 5.91 Å². The number of carbonyl (C=O) groups is 3. The lowest BCUT2D eigenvalue weighted by Gasteiger charge is -2.09. The lowest BCUT2D eigenvalue weighted by molar-refractivity contribution is -0.123. The molecule has 0 spiro atoms. The van der Waals surface area contributed by atoms with Crippen molar-refractivity contribution < 1.29 is 19.1 Å². The molecule has 0 unspecified atom stereocenters. The number of urea groups is 1. The van der Waals surface area contributed by atoms with Crippen LogP contribution in [0.25, 0.3) is 0 Å². The van der Waals surface area contributed by atoms with Gasteiger partial charge in [-0.05, 0) is 30.5 Å². The van der Waals surface area contributed by atoms with Gasteiger partial charge in [0.05, 0.1) is 5.56 Å². The molecule has 124 valence electrons. The van der Waals surface area contributed by atoms with Crippen molar-refractivity contribution in [1.29, 1.82) is 0 Å². The number of carbonyl (C=O) groups excluding carboxylic acids is 3. The van der Waals surface area contributed by atoms with Crippen LogP contribution in [0, 0.1) is 0 Å². The van der Waals surface area contributed by atoms with Gasteiger partial charge in [-0.3, -0.25) is 10.1 Å². The topological polar surface area (TPSA) is 84.5 Å². The second-order valence-electron chi connectivity index (χ2n) is 4.64. The summed E-state index contributed by atoms with van der Waals surface area (Å²) in [6.45, 7) is -0.538. The number of amides is 3. The first-order valence-electron chi connectivity index (χ1n) is 7.06. The van der Waals surface area contributed by atoms with Gasteiger partial charge in [-0.25, -0.2) is 9.59 Å². The third-order valence-electron chi connectivity index (χ3n) is 2.95. The van der Waals surface area contributed by atoms with E-state index in [4.69, 9.17) is 4.74 Å². The summed E-state index contributed by atoms with van der Waals surface area (Å²) in [6, 6.07) is 14.9. The molecule has 6 nitrogen and oxygen atoms in total. The second kappa shape index (κ2) is 8.73. The van der Waals surface area contributed by atoms with Gasteiger partial charge in [-0.2, -0.15) is 0 Å². The highest BCUT2D eigenvalue weighted by molar-refractivity contribution is 7.98. The molecule has 2 aromatic carbocycles. The van der Waals surface area contributed by atoms with Crippen molar-refractivity contribution in [2.75, 3.05) is 18.2 Å². The Morgan fingerprint density at radius 1 is 1.00 bits per heavy atom. The van der Waals surface area contributed by atoms with Crippen molar-refractivity contribution in [3.8, 4) is 0 Å². The zero-order chi connectivity index (χ0) is 17.4. The van der Waals surface area contributed by atoms with E-state index < -0.39 is 24.5 Å². The maximum absolute atomic E-state index is 12.0. The van der Waals surface area contributed by atoms with Crippen LogP contribution in [-0.2, 0) is 9.53 Å². The van der Waals surface area contributed by atoms with Crippen LogP contribution in [0.15, 0.2) is 59.5 Å². The molecular weight excluding hydrogens is 328 g/mol. The highest BCUT2D eigenvalue weighted by Crippen LogP contribution is 2.20. The number of thioether (sulfide) groups is 1. The summed E-state index contributed by atoms with van der Waals surface area (Å²) in [7, 11) is 0. The summed E-state index contributed by atoms with van der Waals surface area (Å²) in [5.41, 5.74) is 0.931. The van der Waals surface area contributed by atoms with Gasteiger partial charge < -0.3 is 10.1 Å². The van der Waals surface area contributed by atoms with Crippen LogP contribution in [0.4, 0.5) is 10.5 Å². The molecule has 0 heterocycles. The van der Waals surface area contributed by atoms with Crippen LogP contribution < -0.4 is 10.6 Å². The Balaban J connectivity index is 1.82. The standard InChI is InChI=1S/C17H16N2O4S/c1-24-14-10-6-5-9-13(14)16(21)23-11-15(20)19-17(22)18-12-7-3-2-4-8-12/h2-10H,11H2,1H3,(H2,18,19,20,22). The van der Waals surface area contributed by atoms with Crippen molar-refractivity contribution in [3.63, 3.8) is 0 Å². The number of benzene rings is 2. The number of hydrogen-bond acceptors (Lipinski definition) is 5. The van der Waals surface area contributed by atoms with Crippen LogP contribution in [-0.4, -0.2) is 30.8 Å². The molecule has 0 radical (unpaired) electrons. The Bertz CT molecular complexity index is 734. The number of imide groups is 1. The van der Waals surface area contributed by atoms with Crippen LogP contribution >= 0.6 is 11.8 Å². The van der Waals surface area contributed by atoms with Gasteiger partial charge in [-0.1, -0.05) is 30.3 Å². The molecule has 0 fully saturated rings. The van der Waals surface area contributed by atoms with Gasteiger partial charge in [0, 0.05) is 10.6 Å². The smallest absolute Gasteiger partial charge is 0.339 e. The number of hydrogen-bond donors (Lipinski definition) is 2. The molecule has 2 rings (SSSR count). The molecule has 2 N–H and O–H groups in total. The molecule has 0 saturated carbocycles. The average molecular weight is 344 g/mol. The zero-order valence-electron chi connectivity index (χ0n) is 12.9. The highest BCUT2D eigenvalue weighted by Gasteiger charge is 2.15. The normalized spacial score (nSPS) is 9.88. The Morgan fingerprint density at radius 3 is 2.38 bits per heavy atom. The first-order chi connectivity index (χ1) is 11.6. The molecule has 0 aliphatic rings. The summed E-state index contributed by atoms with van der Waals surface area (Å²) in [5.74, 6) is -1.32. The number of para-hydroxylation sites is 1. The first-order valence-corrected chi connectivity index (χ1v) is 8.28. The first kappa shape index (κ1) is 17.6. The van der Waals surface area contributed by atoms with Gasteiger partial charge in [0.1, 0.15) is 0 Å². The molecule has 0 aliphatic heterocycles. The number of nitrogens with one attached hydrogen (secondary N) is 2. The lowest BCUT2D eigenvalue weighted by Crippen LogP contribution is -2.37. The van der Waals surface area contributed by atoms with E-state index >= 15 is 0 Å². The maximum atomic E-state index is 12.0. The minimum Gasteiger partial charge on any atom is -0.452 e. The molecule has 0 aromatic heterocycles. The summed E-state index contributed by atoms with van der Waals surface area (Å²) in [4.78, 5) is 36.1. The molecule has 0 aliphatic carbocycles. The van der Waals surface area contributed by atoms with E-state index in [0.717, 1.165) is 4.90 Å². The highest BCUT2D eigenvalue weighted by atomic mass is 32.2. The van der Waals surface area contributed by atoms with E-state index in [9.17, 15) is 14.4 Å². The SMILES string of the molecule is CSc1ccccc1C(=O)OCC(=O)NC(=O)Nc1ccccc1. The fourth-order valence-corrected chi connectivity index (χ4v) is 2.45. The van der Waals surface area contributed by atoms with Gasteiger partial charge in [0.2, 0.25) is 0 Å². The van der Waals surface area contributed by atoms with Crippen LogP contribution in [0.2, 0.25) is 0 Å². The lowest BCUT2D eigenvalue weighted by atomic mass is 10.2. The van der Waals surface area contributed by atoms with Crippen molar-refractivity contribution in [2.24, 2.45) is 0 Å². The van der Waals surface area contributed by atoms with E-state index in [2.05, 4.69) is 10.6 Å². The monoisotopic (exact) mass is 344 g/mol. The minimum atomic E-state index is -0.710. The summed E-state index contributed by atoms with van der Waals surface area (Å²) in [6.07, 6.45) is 1.84. The predicted octanol–water partition coefficient (Wildman–Crippen LogP) is 2.91. The van der Waals surface area contributed by atoms with E-state index in [0.29, 0.717) is 11.3 Å². The molecular formula is C17H16N2O4S. The Hall–Kier alpha value is -2.80. The van der Waals surface area contributed by atoms with E-state index in [1.54, 1.807) is 48.5 Å². The quantitative estimate of drug-likeness (QED) is 0.643. The molecule has 0 atom stereocenters. The van der Waals surface area contributed by atoms with E-state index in [1.165, 1.54) is 11.8 Å². The second-order valence-corrected chi connectivity index (χ2v) is 5.49. The Morgan fingerprint density at radius 2 is 1.67 bits per heavy atom. The van der Waals surface area contributed by atoms with Gasteiger partial charge in [-0.15, -0.1) is 11.8 Å². The number of esters is 1. The molecule has 3 amide bonds. The largest absolute Gasteiger partial charge is 0.452 e. The predicted molar refractivity (Wildman–Crippen MR) is 92.1 cm³/mol. The molecule has 0 saturated heterocycles. The average Bonchev–Trinajstić information content (AvgIpc) is 2.60. The Labute approximate surface area is 143 Å². The van der Waals surface area contributed by atoms with E-state index in [-0.39, 0.29) is 0 Å². The van der Waals surface area contributed by atoms with Gasteiger partial charge >= 0.3 is 12.0 Å². The fourth-order valence-electron chi connectivity index (χ4n) is 1.87. The number of ether oxygens (including phenoxy) is 1. The van der Waals surface area contributed by atoms with E-state index in [1.807, 2.05) is 12.3 Å². The Kier molecular flexibility index (Phi) is 6.39. The van der Waals surface area contributed by atoms with Gasteiger partial charge in [0.15, 0.2) is 6.61 Å². The third-order valence-corrected chi connectivity index (χ3v) is 3.74. The summed E-state index contributed by atoms with van der Waals surface area (Å²) >= 11 is 1.40.